The molecule has 6 nitrogen and oxygen atoms in total. The summed E-state index contributed by atoms with van der Waals surface area (Å²) < 4.78 is 17.0. The van der Waals surface area contributed by atoms with Gasteiger partial charge in [-0.05, 0) is 96.3 Å². The first kappa shape index (κ1) is 75.6. The minimum atomic E-state index is -0.796. The van der Waals surface area contributed by atoms with Crippen LogP contribution in [0.5, 0.6) is 0 Å². The van der Waals surface area contributed by atoms with Crippen LogP contribution in [0.3, 0.4) is 0 Å². The van der Waals surface area contributed by atoms with Gasteiger partial charge in [-0.25, -0.2) is 0 Å². The zero-order valence-electron chi connectivity index (χ0n) is 52.4. The number of ether oxygens (including phenoxy) is 3. The predicted molar refractivity (Wildman–Crippen MR) is 344 cm³/mol. The molecule has 6 heteroatoms. The summed E-state index contributed by atoms with van der Waals surface area (Å²) >= 11 is 0. The minimum Gasteiger partial charge on any atom is -0.462 e. The van der Waals surface area contributed by atoms with Crippen molar-refractivity contribution in [1.29, 1.82) is 0 Å². The van der Waals surface area contributed by atoms with E-state index in [1.165, 1.54) is 199 Å². The zero-order valence-corrected chi connectivity index (χ0v) is 52.4. The molecule has 0 amide bonds. The van der Waals surface area contributed by atoms with E-state index in [1.54, 1.807) is 0 Å². The van der Waals surface area contributed by atoms with Crippen LogP contribution < -0.4 is 0 Å². The lowest BCUT2D eigenvalue weighted by Gasteiger charge is -2.18. The van der Waals surface area contributed by atoms with E-state index in [2.05, 4.69) is 106 Å². The fraction of sp³-hybridized carbons (Fsp3) is 0.767. The maximum atomic E-state index is 12.9. The van der Waals surface area contributed by atoms with E-state index in [4.69, 9.17) is 14.2 Å². The molecule has 0 radical (unpaired) electrons. The average molecular weight is 1100 g/mol. The number of allylic oxidation sites excluding steroid dienone is 14. The van der Waals surface area contributed by atoms with Crippen LogP contribution in [0.25, 0.3) is 0 Å². The summed E-state index contributed by atoms with van der Waals surface area (Å²) in [5.41, 5.74) is 0. The van der Waals surface area contributed by atoms with Crippen molar-refractivity contribution in [3.63, 3.8) is 0 Å². The third kappa shape index (κ3) is 65.3. The molecule has 0 N–H and O–H groups in total. The summed E-state index contributed by atoms with van der Waals surface area (Å²) in [4.78, 5) is 38.4. The number of carbonyl (C=O) groups excluding carboxylic acids is 3. The largest absolute Gasteiger partial charge is 0.462 e. The molecule has 0 rings (SSSR count). The zero-order chi connectivity index (χ0) is 57.1. The normalized spacial score (nSPS) is 12.6. The Morgan fingerprint density at radius 2 is 0.494 bits per heavy atom. The lowest BCUT2D eigenvalue weighted by atomic mass is 10.0. The second-order valence-corrected chi connectivity index (χ2v) is 22.7. The van der Waals surface area contributed by atoms with Crippen LogP contribution in [0.2, 0.25) is 0 Å². The molecule has 0 aromatic rings. The van der Waals surface area contributed by atoms with Crippen molar-refractivity contribution >= 4 is 17.9 Å². The quantitative estimate of drug-likeness (QED) is 0.0261. The van der Waals surface area contributed by atoms with Crippen molar-refractivity contribution in [2.24, 2.45) is 0 Å². The van der Waals surface area contributed by atoms with Gasteiger partial charge < -0.3 is 14.2 Å². The van der Waals surface area contributed by atoms with Crippen LogP contribution in [0, 0.1) is 0 Å². The van der Waals surface area contributed by atoms with E-state index in [0.29, 0.717) is 19.3 Å². The lowest BCUT2D eigenvalue weighted by Crippen LogP contribution is -2.30. The maximum Gasteiger partial charge on any atom is 0.306 e. The predicted octanol–water partition coefficient (Wildman–Crippen LogP) is 23.4. The molecule has 0 bridgehead atoms. The molecule has 1 unspecified atom stereocenters. The molecule has 0 fully saturated rings. The van der Waals surface area contributed by atoms with Gasteiger partial charge in [0.25, 0.3) is 0 Å². The molecule has 0 aliphatic rings. The molecule has 0 aromatic heterocycles. The molecule has 0 aliphatic heterocycles. The van der Waals surface area contributed by atoms with E-state index < -0.39 is 6.10 Å². The van der Waals surface area contributed by atoms with Crippen molar-refractivity contribution in [2.75, 3.05) is 13.2 Å². The Balaban J connectivity index is 4.40. The Morgan fingerprint density at radius 3 is 0.785 bits per heavy atom. The highest BCUT2D eigenvalue weighted by atomic mass is 16.6. The van der Waals surface area contributed by atoms with E-state index in [9.17, 15) is 14.4 Å². The molecule has 1 atom stereocenters. The van der Waals surface area contributed by atoms with Crippen LogP contribution in [-0.4, -0.2) is 37.2 Å². The standard InChI is InChI=1S/C73H128O6/c1-4-7-10-13-16-19-22-25-28-31-34-35-36-37-40-42-45-48-51-54-57-60-63-66-72(75)78-69-70(79-73(76)67-64-61-58-55-52-49-46-43-39-33-30-27-24-21-18-15-12-9-6-3)68-77-71(74)65-62-59-56-53-50-47-44-41-38-32-29-26-23-20-17-14-11-8-5-2/h9,12,18,21-22,25,27,30-31,34,39,43,49,52,70H,4-8,10-11,13-17,19-20,23-24,26,28-29,32-33,35-38,40-42,44-48,50-51,53-69H2,1-3H3/b12-9-,21-18-,25-22-,30-27-,34-31-,43-39-,52-49-. The number of hydrogen-bond donors (Lipinski definition) is 0. The van der Waals surface area contributed by atoms with Crippen LogP contribution in [0.4, 0.5) is 0 Å². The van der Waals surface area contributed by atoms with Crippen molar-refractivity contribution in [2.45, 2.75) is 348 Å². The Bertz CT molecular complexity index is 1500. The summed E-state index contributed by atoms with van der Waals surface area (Å²) in [7, 11) is 0. The van der Waals surface area contributed by atoms with Gasteiger partial charge in [-0.15, -0.1) is 0 Å². The molecule has 0 saturated carbocycles. The van der Waals surface area contributed by atoms with Gasteiger partial charge in [-0.3, -0.25) is 14.4 Å². The van der Waals surface area contributed by atoms with Crippen LogP contribution in [-0.2, 0) is 28.6 Å². The maximum absolute atomic E-state index is 12.9. The first-order valence-electron chi connectivity index (χ1n) is 34.1. The van der Waals surface area contributed by atoms with Gasteiger partial charge in [0.15, 0.2) is 6.10 Å². The summed E-state index contributed by atoms with van der Waals surface area (Å²) in [5, 5.41) is 0. The van der Waals surface area contributed by atoms with Gasteiger partial charge in [-0.1, -0.05) is 311 Å². The topological polar surface area (TPSA) is 78.9 Å². The summed E-state index contributed by atoms with van der Waals surface area (Å²) in [5.74, 6) is -0.904. The molecular weight excluding hydrogens is 973 g/mol. The Kier molecular flexibility index (Phi) is 64.2. The van der Waals surface area contributed by atoms with Crippen LogP contribution >= 0.6 is 0 Å². The molecule has 0 aliphatic carbocycles. The highest BCUT2D eigenvalue weighted by Crippen LogP contribution is 2.17. The third-order valence-corrected chi connectivity index (χ3v) is 14.9. The monoisotopic (exact) mass is 1100 g/mol. The number of unbranched alkanes of at least 4 members (excludes halogenated alkanes) is 37. The van der Waals surface area contributed by atoms with E-state index >= 15 is 0 Å². The molecule has 79 heavy (non-hydrogen) atoms. The van der Waals surface area contributed by atoms with Crippen molar-refractivity contribution in [1.82, 2.24) is 0 Å². The van der Waals surface area contributed by atoms with Gasteiger partial charge in [-0.2, -0.15) is 0 Å². The third-order valence-electron chi connectivity index (χ3n) is 14.9. The lowest BCUT2D eigenvalue weighted by molar-refractivity contribution is -0.167. The van der Waals surface area contributed by atoms with Gasteiger partial charge >= 0.3 is 17.9 Å². The summed E-state index contributed by atoms with van der Waals surface area (Å²) in [6.07, 6.45) is 88.8. The number of rotatable bonds is 62. The van der Waals surface area contributed by atoms with Crippen LogP contribution in [0.1, 0.15) is 342 Å². The van der Waals surface area contributed by atoms with E-state index in [1.807, 2.05) is 0 Å². The van der Waals surface area contributed by atoms with Gasteiger partial charge in [0.05, 0.1) is 0 Å². The first-order chi connectivity index (χ1) is 39.0. The highest BCUT2D eigenvalue weighted by molar-refractivity contribution is 5.71. The minimum absolute atomic E-state index is 0.0875. The number of esters is 3. The molecule has 0 saturated heterocycles. The van der Waals surface area contributed by atoms with Crippen molar-refractivity contribution in [3.8, 4) is 0 Å². The second-order valence-electron chi connectivity index (χ2n) is 22.7. The SMILES string of the molecule is CC/C=C\C/C=C\C/C=C\C/C=C\C/C=C\CCCCCC(=O)OC(COC(=O)CCCCCCCCCCCCC/C=C\C/C=C\CCCCCCC)COC(=O)CCCCCCCCCCCCCCCCCCCCC. The smallest absolute Gasteiger partial charge is 0.306 e. The molecule has 0 aromatic carbocycles. The Hall–Kier alpha value is -3.41. The van der Waals surface area contributed by atoms with Gasteiger partial charge in [0, 0.05) is 19.3 Å². The highest BCUT2D eigenvalue weighted by Gasteiger charge is 2.19. The average Bonchev–Trinajstić information content (AvgIpc) is 3.45. The molecule has 456 valence electrons. The molecule has 0 spiro atoms. The molecule has 0 heterocycles. The van der Waals surface area contributed by atoms with Crippen LogP contribution in [0.15, 0.2) is 85.1 Å². The van der Waals surface area contributed by atoms with Gasteiger partial charge in [0.2, 0.25) is 0 Å². The number of carbonyl (C=O) groups is 3. The first-order valence-corrected chi connectivity index (χ1v) is 34.1. The summed E-state index contributed by atoms with van der Waals surface area (Å²) in [6, 6.07) is 0. The fourth-order valence-corrected chi connectivity index (χ4v) is 9.80. The molecular formula is C73H128O6. The Morgan fingerprint density at radius 1 is 0.266 bits per heavy atom. The second kappa shape index (κ2) is 67.1. The van der Waals surface area contributed by atoms with E-state index in [0.717, 1.165) is 103 Å². The van der Waals surface area contributed by atoms with E-state index in [-0.39, 0.29) is 31.1 Å². The summed E-state index contributed by atoms with van der Waals surface area (Å²) in [6.45, 7) is 6.54. The fourth-order valence-electron chi connectivity index (χ4n) is 9.80. The van der Waals surface area contributed by atoms with Crippen molar-refractivity contribution in [3.05, 3.63) is 85.1 Å². The van der Waals surface area contributed by atoms with Gasteiger partial charge in [0.1, 0.15) is 13.2 Å². The number of hydrogen-bond acceptors (Lipinski definition) is 6. The van der Waals surface area contributed by atoms with Crippen molar-refractivity contribution < 1.29 is 28.6 Å². The Labute approximate surface area is 490 Å².